The van der Waals surface area contributed by atoms with Crippen molar-refractivity contribution in [2.24, 2.45) is 5.92 Å². The number of aryl methyl sites for hydroxylation is 1. The molecule has 31 heavy (non-hydrogen) atoms. The van der Waals surface area contributed by atoms with Gasteiger partial charge in [-0.15, -0.1) is 0 Å². The summed E-state index contributed by atoms with van der Waals surface area (Å²) >= 11 is 0. The van der Waals surface area contributed by atoms with Crippen molar-refractivity contribution in [2.75, 3.05) is 7.11 Å². The minimum absolute atomic E-state index is 0.217. The van der Waals surface area contributed by atoms with Crippen molar-refractivity contribution in [2.45, 2.75) is 32.3 Å². The fraction of sp³-hybridized carbons (Fsp3) is 0.292. The molecule has 0 saturated carbocycles. The number of carboxylic acids is 1. The summed E-state index contributed by atoms with van der Waals surface area (Å²) < 4.78 is 25.5. The number of halogens is 1. The topological polar surface area (TPSA) is 81.5 Å². The van der Waals surface area contributed by atoms with Crippen LogP contribution in [0.3, 0.4) is 0 Å². The number of pyridine rings is 2. The molecular formula is C24H23FN2O4. The minimum atomic E-state index is -0.816. The van der Waals surface area contributed by atoms with Crippen LogP contribution in [0.5, 0.6) is 11.6 Å². The summed E-state index contributed by atoms with van der Waals surface area (Å²) in [5.41, 5.74) is 3.80. The number of aliphatic carboxylic acids is 1. The van der Waals surface area contributed by atoms with E-state index in [1.807, 2.05) is 30.3 Å². The van der Waals surface area contributed by atoms with Crippen molar-refractivity contribution < 1.29 is 23.8 Å². The highest BCUT2D eigenvalue weighted by atomic mass is 19.1. The number of hydrogen-bond acceptors (Lipinski definition) is 5. The van der Waals surface area contributed by atoms with Crippen LogP contribution in [-0.2, 0) is 17.6 Å². The largest absolute Gasteiger partial charge is 0.484 e. The lowest BCUT2D eigenvalue weighted by atomic mass is 9.95. The van der Waals surface area contributed by atoms with Crippen molar-refractivity contribution >= 4 is 5.97 Å². The Morgan fingerprint density at radius 1 is 1.26 bits per heavy atom. The molecule has 2 atom stereocenters. The number of ether oxygens (including phenoxy) is 2. The average molecular weight is 422 g/mol. The molecule has 0 amide bonds. The van der Waals surface area contributed by atoms with Crippen LogP contribution >= 0.6 is 0 Å². The molecule has 4 rings (SSSR count). The Bertz CT molecular complexity index is 1100. The minimum Gasteiger partial charge on any atom is -0.484 e. The van der Waals surface area contributed by atoms with Crippen molar-refractivity contribution in [1.82, 2.24) is 9.97 Å². The molecule has 1 aliphatic rings. The highest BCUT2D eigenvalue weighted by molar-refractivity contribution is 5.70. The molecule has 0 fully saturated rings. The Morgan fingerprint density at radius 3 is 2.81 bits per heavy atom. The van der Waals surface area contributed by atoms with Gasteiger partial charge in [-0.2, -0.15) is 0 Å². The summed E-state index contributed by atoms with van der Waals surface area (Å²) in [6, 6.07) is 11.1. The van der Waals surface area contributed by atoms with E-state index in [0.29, 0.717) is 23.4 Å². The van der Waals surface area contributed by atoms with Crippen LogP contribution in [0.1, 0.15) is 36.3 Å². The van der Waals surface area contributed by atoms with E-state index in [0.717, 1.165) is 41.6 Å². The summed E-state index contributed by atoms with van der Waals surface area (Å²) in [5.74, 6) is -0.618. The highest BCUT2D eigenvalue weighted by Gasteiger charge is 2.23. The van der Waals surface area contributed by atoms with Gasteiger partial charge < -0.3 is 14.6 Å². The van der Waals surface area contributed by atoms with E-state index in [-0.39, 0.29) is 6.10 Å². The molecule has 1 aromatic carbocycles. The van der Waals surface area contributed by atoms with Gasteiger partial charge in [0, 0.05) is 23.4 Å². The molecule has 0 aliphatic carbocycles. The van der Waals surface area contributed by atoms with Crippen molar-refractivity contribution in [3.63, 3.8) is 0 Å². The molecule has 3 aromatic rings. The fourth-order valence-corrected chi connectivity index (χ4v) is 3.70. The normalized spacial score (nSPS) is 16.2. The lowest BCUT2D eigenvalue weighted by Crippen LogP contribution is -2.17. The van der Waals surface area contributed by atoms with Gasteiger partial charge in [0.2, 0.25) is 5.88 Å². The van der Waals surface area contributed by atoms with Crippen LogP contribution in [0.2, 0.25) is 0 Å². The third kappa shape index (κ3) is 4.50. The van der Waals surface area contributed by atoms with E-state index in [4.69, 9.17) is 14.6 Å². The van der Waals surface area contributed by atoms with Gasteiger partial charge in [0.25, 0.3) is 0 Å². The second kappa shape index (κ2) is 8.71. The maximum atomic E-state index is 14.2. The molecule has 0 radical (unpaired) electrons. The van der Waals surface area contributed by atoms with Gasteiger partial charge in [0.15, 0.2) is 0 Å². The number of hydrogen-bond donors (Lipinski definition) is 1. The van der Waals surface area contributed by atoms with E-state index in [2.05, 4.69) is 9.97 Å². The molecule has 2 aromatic heterocycles. The molecule has 0 bridgehead atoms. The molecule has 6 nitrogen and oxygen atoms in total. The predicted molar refractivity (Wildman–Crippen MR) is 113 cm³/mol. The highest BCUT2D eigenvalue weighted by Crippen LogP contribution is 2.36. The van der Waals surface area contributed by atoms with Gasteiger partial charge in [0.05, 0.1) is 24.9 Å². The number of aromatic nitrogens is 2. The molecule has 1 aliphatic heterocycles. The number of methoxy groups -OCH3 is 1. The molecule has 0 saturated heterocycles. The van der Waals surface area contributed by atoms with Crippen LogP contribution in [-0.4, -0.2) is 28.2 Å². The van der Waals surface area contributed by atoms with Crippen molar-refractivity contribution in [3.8, 4) is 22.8 Å². The second-order valence-electron chi connectivity index (χ2n) is 7.71. The molecule has 2 unspecified atom stereocenters. The summed E-state index contributed by atoms with van der Waals surface area (Å²) in [6.07, 6.45) is 4.61. The number of benzene rings is 1. The Kier molecular flexibility index (Phi) is 5.84. The monoisotopic (exact) mass is 422 g/mol. The SMILES string of the molecule is COc1cc(-c2ccc(C3CCc4ccc(CC(C)C(=O)O)cc4O3)nc2)c(F)cn1. The Hall–Kier alpha value is -3.48. The van der Waals surface area contributed by atoms with E-state index in [9.17, 15) is 9.18 Å². The van der Waals surface area contributed by atoms with E-state index >= 15 is 0 Å². The smallest absolute Gasteiger partial charge is 0.306 e. The lowest BCUT2D eigenvalue weighted by molar-refractivity contribution is -0.141. The Labute approximate surface area is 179 Å². The van der Waals surface area contributed by atoms with Gasteiger partial charge in [-0.25, -0.2) is 9.37 Å². The molecular weight excluding hydrogens is 399 g/mol. The zero-order chi connectivity index (χ0) is 22.0. The number of carboxylic acid groups (broad SMARTS) is 1. The Morgan fingerprint density at radius 2 is 2.10 bits per heavy atom. The van der Waals surface area contributed by atoms with E-state index < -0.39 is 17.7 Å². The first kappa shape index (κ1) is 20.8. The average Bonchev–Trinajstić information content (AvgIpc) is 2.79. The van der Waals surface area contributed by atoms with Crippen LogP contribution in [0.25, 0.3) is 11.1 Å². The molecule has 1 N–H and O–H groups in total. The van der Waals surface area contributed by atoms with Crippen LogP contribution in [0.4, 0.5) is 4.39 Å². The van der Waals surface area contributed by atoms with E-state index in [1.165, 1.54) is 7.11 Å². The third-order valence-electron chi connectivity index (χ3n) is 5.51. The second-order valence-corrected chi connectivity index (χ2v) is 7.71. The number of fused-ring (bicyclic) bond motifs is 1. The molecule has 7 heteroatoms. The standard InChI is InChI=1S/C24H23FN2O4/c1-14(24(28)29)9-15-3-4-16-6-8-21(31-22(16)10-15)20-7-5-17(12-26-20)18-11-23(30-2)27-13-19(18)25/h3-5,7,10-14,21H,6,8-9H2,1-2H3,(H,28,29). The lowest BCUT2D eigenvalue weighted by Gasteiger charge is -2.26. The first-order chi connectivity index (χ1) is 14.9. The maximum Gasteiger partial charge on any atom is 0.306 e. The summed E-state index contributed by atoms with van der Waals surface area (Å²) in [5, 5.41) is 9.15. The van der Waals surface area contributed by atoms with Gasteiger partial charge in [0.1, 0.15) is 17.7 Å². The number of carbonyl (C=O) groups is 1. The number of nitrogens with zero attached hydrogens (tertiary/aromatic N) is 2. The van der Waals surface area contributed by atoms with Crippen molar-refractivity contribution in [1.29, 1.82) is 0 Å². The first-order valence-corrected chi connectivity index (χ1v) is 10.1. The summed E-state index contributed by atoms with van der Waals surface area (Å²) in [6.45, 7) is 1.69. The van der Waals surface area contributed by atoms with E-state index in [1.54, 1.807) is 19.2 Å². The molecule has 160 valence electrons. The summed E-state index contributed by atoms with van der Waals surface area (Å²) in [7, 11) is 1.48. The quantitative estimate of drug-likeness (QED) is 0.624. The third-order valence-corrected chi connectivity index (χ3v) is 5.51. The van der Waals surface area contributed by atoms with Gasteiger partial charge in [-0.05, 0) is 42.5 Å². The first-order valence-electron chi connectivity index (χ1n) is 10.1. The van der Waals surface area contributed by atoms with Gasteiger partial charge in [-0.1, -0.05) is 25.1 Å². The van der Waals surface area contributed by atoms with Crippen LogP contribution < -0.4 is 9.47 Å². The zero-order valence-corrected chi connectivity index (χ0v) is 17.3. The molecule has 0 spiro atoms. The number of rotatable bonds is 6. The predicted octanol–water partition coefficient (Wildman–Crippen LogP) is 4.62. The zero-order valence-electron chi connectivity index (χ0n) is 17.3. The fourth-order valence-electron chi connectivity index (χ4n) is 3.70. The van der Waals surface area contributed by atoms with Gasteiger partial charge in [-0.3, -0.25) is 9.78 Å². The Balaban J connectivity index is 1.52. The maximum absolute atomic E-state index is 14.2. The summed E-state index contributed by atoms with van der Waals surface area (Å²) in [4.78, 5) is 19.5. The van der Waals surface area contributed by atoms with Gasteiger partial charge >= 0.3 is 5.97 Å². The molecule has 3 heterocycles. The van der Waals surface area contributed by atoms with Crippen LogP contribution in [0.15, 0.2) is 48.8 Å². The van der Waals surface area contributed by atoms with Crippen LogP contribution in [0, 0.1) is 11.7 Å². The van der Waals surface area contributed by atoms with Crippen molar-refractivity contribution in [3.05, 3.63) is 71.4 Å².